The lowest BCUT2D eigenvalue weighted by molar-refractivity contribution is 0.277. The summed E-state index contributed by atoms with van der Waals surface area (Å²) in [6, 6.07) is 21.4. The summed E-state index contributed by atoms with van der Waals surface area (Å²) in [6.07, 6.45) is 5.09. The highest BCUT2D eigenvalue weighted by Gasteiger charge is 2.14. The van der Waals surface area contributed by atoms with Crippen molar-refractivity contribution >= 4 is 0 Å². The van der Waals surface area contributed by atoms with Crippen LogP contribution < -0.4 is 10.1 Å². The first-order chi connectivity index (χ1) is 12.4. The minimum atomic E-state index is 0.507. The lowest BCUT2D eigenvalue weighted by atomic mass is 10.0. The summed E-state index contributed by atoms with van der Waals surface area (Å²) >= 11 is 0. The number of ether oxygens (including phenoxy) is 1. The summed E-state index contributed by atoms with van der Waals surface area (Å²) in [5, 5.41) is 3.45. The van der Waals surface area contributed by atoms with Crippen LogP contribution in [0.15, 0.2) is 71.3 Å². The molecule has 1 atom stereocenters. The topological polar surface area (TPSA) is 34.4 Å². The minimum absolute atomic E-state index is 0.507. The van der Waals surface area contributed by atoms with Gasteiger partial charge in [0.25, 0.3) is 0 Å². The van der Waals surface area contributed by atoms with Gasteiger partial charge in [-0.2, -0.15) is 0 Å². The molecule has 0 amide bonds. The van der Waals surface area contributed by atoms with E-state index in [1.54, 1.807) is 6.26 Å². The van der Waals surface area contributed by atoms with Gasteiger partial charge in [0.1, 0.15) is 18.1 Å². The van der Waals surface area contributed by atoms with Gasteiger partial charge in [-0.3, -0.25) is 0 Å². The molecule has 1 aliphatic rings. The Morgan fingerprint density at radius 1 is 0.960 bits per heavy atom. The molecule has 3 nitrogen and oxygen atoms in total. The Bertz CT molecular complexity index is 770. The molecule has 3 heteroatoms. The van der Waals surface area contributed by atoms with Gasteiger partial charge in [-0.15, -0.1) is 0 Å². The Labute approximate surface area is 148 Å². The Balaban J connectivity index is 1.34. The van der Waals surface area contributed by atoms with Crippen LogP contribution in [0.3, 0.4) is 0 Å². The molecule has 4 rings (SSSR count). The number of benzene rings is 2. The Kier molecular flexibility index (Phi) is 4.84. The fourth-order valence-electron chi connectivity index (χ4n) is 3.26. The van der Waals surface area contributed by atoms with Gasteiger partial charge in [0.05, 0.1) is 6.26 Å². The summed E-state index contributed by atoms with van der Waals surface area (Å²) in [5.41, 5.74) is 3.69. The monoisotopic (exact) mass is 333 g/mol. The van der Waals surface area contributed by atoms with E-state index in [-0.39, 0.29) is 0 Å². The van der Waals surface area contributed by atoms with E-state index in [1.165, 1.54) is 24.0 Å². The van der Waals surface area contributed by atoms with Crippen molar-refractivity contribution < 1.29 is 9.15 Å². The molecule has 0 saturated carbocycles. The zero-order chi connectivity index (χ0) is 16.9. The molecular formula is C22H23NO2. The molecular weight excluding hydrogens is 310 g/mol. The normalized spacial score (nSPS) is 16.9. The first-order valence-electron chi connectivity index (χ1n) is 8.95. The standard InChI is InChI=1S/C22H23NO2/c1-3-20(23-13-1)16-25-21-11-7-18(8-12-21)15-17-5-9-19(10-6-17)22-4-2-14-24-22/h2,4-12,14,20,23H,1,3,13,15-16H2/t20-/m1/s1. The van der Waals surface area contributed by atoms with Crippen LogP contribution >= 0.6 is 0 Å². The average molecular weight is 333 g/mol. The largest absolute Gasteiger partial charge is 0.492 e. The third kappa shape index (κ3) is 4.12. The Morgan fingerprint density at radius 2 is 1.72 bits per heavy atom. The highest BCUT2D eigenvalue weighted by Crippen LogP contribution is 2.22. The lowest BCUT2D eigenvalue weighted by Gasteiger charge is -2.12. The molecule has 3 aromatic rings. The quantitative estimate of drug-likeness (QED) is 0.712. The van der Waals surface area contributed by atoms with Gasteiger partial charge in [-0.05, 0) is 61.2 Å². The first kappa shape index (κ1) is 16.0. The van der Waals surface area contributed by atoms with Gasteiger partial charge in [-0.1, -0.05) is 36.4 Å². The SMILES string of the molecule is c1coc(-c2ccc(Cc3ccc(OC[C@H]4CCCN4)cc3)cc2)c1. The van der Waals surface area contributed by atoms with E-state index in [2.05, 4.69) is 53.8 Å². The van der Waals surface area contributed by atoms with E-state index in [0.717, 1.165) is 36.6 Å². The van der Waals surface area contributed by atoms with Crippen LogP contribution in [0.4, 0.5) is 0 Å². The third-order valence-corrected chi connectivity index (χ3v) is 4.70. The molecule has 1 fully saturated rings. The second kappa shape index (κ2) is 7.58. The Hall–Kier alpha value is -2.52. The summed E-state index contributed by atoms with van der Waals surface area (Å²) in [6.45, 7) is 1.87. The van der Waals surface area contributed by atoms with Gasteiger partial charge in [0, 0.05) is 11.6 Å². The number of furan rings is 1. The maximum absolute atomic E-state index is 5.88. The van der Waals surface area contributed by atoms with Crippen LogP contribution in [0.2, 0.25) is 0 Å². The van der Waals surface area contributed by atoms with Crippen LogP contribution in [0.1, 0.15) is 24.0 Å². The summed E-state index contributed by atoms with van der Waals surface area (Å²) in [5.74, 6) is 1.86. The van der Waals surface area contributed by atoms with Gasteiger partial charge in [0.2, 0.25) is 0 Å². The van der Waals surface area contributed by atoms with E-state index in [4.69, 9.17) is 9.15 Å². The third-order valence-electron chi connectivity index (χ3n) is 4.70. The molecule has 2 heterocycles. The van der Waals surface area contributed by atoms with Crippen molar-refractivity contribution in [1.29, 1.82) is 0 Å². The molecule has 1 N–H and O–H groups in total. The second-order valence-electron chi connectivity index (χ2n) is 6.60. The molecule has 0 aliphatic carbocycles. The number of hydrogen-bond donors (Lipinski definition) is 1. The number of rotatable bonds is 6. The predicted octanol–water partition coefficient (Wildman–Crippen LogP) is 4.67. The molecule has 0 radical (unpaired) electrons. The maximum atomic E-state index is 5.88. The van der Waals surface area contributed by atoms with Crippen molar-refractivity contribution in [2.45, 2.75) is 25.3 Å². The number of nitrogens with one attached hydrogen (secondary N) is 1. The van der Waals surface area contributed by atoms with Gasteiger partial charge in [0.15, 0.2) is 0 Å². The summed E-state index contributed by atoms with van der Waals surface area (Å²) in [4.78, 5) is 0. The van der Waals surface area contributed by atoms with Crippen LogP contribution in [0, 0.1) is 0 Å². The van der Waals surface area contributed by atoms with Gasteiger partial charge >= 0.3 is 0 Å². The van der Waals surface area contributed by atoms with Crippen molar-refractivity contribution in [3.05, 3.63) is 78.1 Å². The lowest BCUT2D eigenvalue weighted by Crippen LogP contribution is -2.28. The first-order valence-corrected chi connectivity index (χ1v) is 8.95. The molecule has 0 spiro atoms. The average Bonchev–Trinajstić information content (AvgIpc) is 3.36. The van der Waals surface area contributed by atoms with Crippen molar-refractivity contribution in [2.24, 2.45) is 0 Å². The maximum Gasteiger partial charge on any atom is 0.133 e. The van der Waals surface area contributed by atoms with Crippen LogP contribution in [0.25, 0.3) is 11.3 Å². The molecule has 25 heavy (non-hydrogen) atoms. The predicted molar refractivity (Wildman–Crippen MR) is 99.9 cm³/mol. The Morgan fingerprint density at radius 3 is 2.36 bits per heavy atom. The van der Waals surface area contributed by atoms with Crippen molar-refractivity contribution in [2.75, 3.05) is 13.2 Å². The van der Waals surface area contributed by atoms with Gasteiger partial charge < -0.3 is 14.5 Å². The smallest absolute Gasteiger partial charge is 0.133 e. The number of hydrogen-bond acceptors (Lipinski definition) is 3. The second-order valence-corrected chi connectivity index (χ2v) is 6.60. The summed E-state index contributed by atoms with van der Waals surface area (Å²) in [7, 11) is 0. The minimum Gasteiger partial charge on any atom is -0.492 e. The molecule has 1 aromatic heterocycles. The molecule has 2 aromatic carbocycles. The van der Waals surface area contributed by atoms with E-state index in [0.29, 0.717) is 6.04 Å². The van der Waals surface area contributed by atoms with Crippen LogP contribution in [-0.2, 0) is 6.42 Å². The van der Waals surface area contributed by atoms with Gasteiger partial charge in [-0.25, -0.2) is 0 Å². The van der Waals surface area contributed by atoms with E-state index in [9.17, 15) is 0 Å². The fraction of sp³-hybridized carbons (Fsp3) is 0.273. The van der Waals surface area contributed by atoms with E-state index in [1.807, 2.05) is 12.1 Å². The molecule has 128 valence electrons. The zero-order valence-electron chi connectivity index (χ0n) is 14.3. The zero-order valence-corrected chi connectivity index (χ0v) is 14.3. The highest BCUT2D eigenvalue weighted by molar-refractivity contribution is 5.57. The van der Waals surface area contributed by atoms with E-state index >= 15 is 0 Å². The van der Waals surface area contributed by atoms with E-state index < -0.39 is 0 Å². The van der Waals surface area contributed by atoms with Crippen molar-refractivity contribution in [1.82, 2.24) is 5.32 Å². The molecule has 0 unspecified atom stereocenters. The fourth-order valence-corrected chi connectivity index (χ4v) is 3.26. The highest BCUT2D eigenvalue weighted by atomic mass is 16.5. The van der Waals surface area contributed by atoms with Crippen LogP contribution in [0.5, 0.6) is 5.75 Å². The summed E-state index contributed by atoms with van der Waals surface area (Å²) < 4.78 is 11.3. The van der Waals surface area contributed by atoms with Crippen LogP contribution in [-0.4, -0.2) is 19.2 Å². The molecule has 1 saturated heterocycles. The molecule has 1 aliphatic heterocycles. The van der Waals surface area contributed by atoms with Crippen molar-refractivity contribution in [3.8, 4) is 17.1 Å². The van der Waals surface area contributed by atoms with Crippen molar-refractivity contribution in [3.63, 3.8) is 0 Å². The molecule has 0 bridgehead atoms.